The average Bonchev–Trinajstić information content (AvgIpc) is 2.20. The van der Waals surface area contributed by atoms with Crippen molar-refractivity contribution in [2.75, 3.05) is 20.7 Å². The zero-order chi connectivity index (χ0) is 10.6. The monoisotopic (exact) mass is 195 g/mol. The lowest BCUT2D eigenvalue weighted by Crippen LogP contribution is -2.10. The summed E-state index contributed by atoms with van der Waals surface area (Å²) in [6, 6.07) is 3.79. The minimum Gasteiger partial charge on any atom is -0.507 e. The highest BCUT2D eigenvalue weighted by Gasteiger charge is 2.08. The first-order chi connectivity index (χ1) is 6.70. The van der Waals surface area contributed by atoms with Gasteiger partial charge in [-0.15, -0.1) is 0 Å². The van der Waals surface area contributed by atoms with Crippen molar-refractivity contribution in [2.24, 2.45) is 0 Å². The lowest BCUT2D eigenvalue weighted by atomic mass is 10.1. The van der Waals surface area contributed by atoms with E-state index in [1.165, 1.54) is 0 Å². The van der Waals surface area contributed by atoms with Gasteiger partial charge in [0.05, 0.1) is 7.11 Å². The van der Waals surface area contributed by atoms with E-state index in [2.05, 4.69) is 5.32 Å². The minimum atomic E-state index is 0.347. The lowest BCUT2D eigenvalue weighted by molar-refractivity contribution is 0.401. The quantitative estimate of drug-likeness (QED) is 0.764. The van der Waals surface area contributed by atoms with Gasteiger partial charge in [0.1, 0.15) is 11.5 Å². The predicted octanol–water partition coefficient (Wildman–Crippen LogP) is 1.47. The number of phenolic OH excluding ortho intramolecular Hbond substituents is 1. The molecule has 0 radical (unpaired) electrons. The molecule has 1 aromatic rings. The van der Waals surface area contributed by atoms with Crippen LogP contribution in [0.5, 0.6) is 11.5 Å². The molecule has 0 heterocycles. The maximum absolute atomic E-state index is 9.83. The fourth-order valence-corrected chi connectivity index (χ4v) is 1.42. The Morgan fingerprint density at radius 1 is 1.43 bits per heavy atom. The van der Waals surface area contributed by atoms with Gasteiger partial charge in [-0.05, 0) is 38.6 Å². The molecular formula is C11H17NO2. The maximum Gasteiger partial charge on any atom is 0.125 e. The Morgan fingerprint density at radius 2 is 2.14 bits per heavy atom. The van der Waals surface area contributed by atoms with Crippen LogP contribution in [0.3, 0.4) is 0 Å². The van der Waals surface area contributed by atoms with Crippen molar-refractivity contribution >= 4 is 0 Å². The van der Waals surface area contributed by atoms with Crippen molar-refractivity contribution in [2.45, 2.75) is 13.3 Å². The number of aromatic hydroxyl groups is 1. The summed E-state index contributed by atoms with van der Waals surface area (Å²) in [5.74, 6) is 1.08. The fourth-order valence-electron chi connectivity index (χ4n) is 1.42. The first-order valence-corrected chi connectivity index (χ1v) is 4.70. The van der Waals surface area contributed by atoms with Crippen molar-refractivity contribution in [1.82, 2.24) is 5.32 Å². The molecule has 2 N–H and O–H groups in total. The summed E-state index contributed by atoms with van der Waals surface area (Å²) in [5.41, 5.74) is 1.76. The van der Waals surface area contributed by atoms with Crippen LogP contribution in [0.25, 0.3) is 0 Å². The molecule has 0 amide bonds. The van der Waals surface area contributed by atoms with E-state index in [-0.39, 0.29) is 0 Å². The van der Waals surface area contributed by atoms with E-state index in [4.69, 9.17) is 4.74 Å². The Balaban J connectivity index is 2.92. The molecule has 3 heteroatoms. The summed E-state index contributed by atoms with van der Waals surface area (Å²) in [5, 5.41) is 12.9. The molecule has 3 nitrogen and oxygen atoms in total. The van der Waals surface area contributed by atoms with E-state index in [1.807, 2.05) is 26.1 Å². The van der Waals surface area contributed by atoms with E-state index in [1.54, 1.807) is 7.11 Å². The number of benzene rings is 1. The van der Waals surface area contributed by atoms with E-state index in [0.717, 1.165) is 29.8 Å². The lowest BCUT2D eigenvalue weighted by Gasteiger charge is -2.10. The number of likely N-dealkylation sites (N-methyl/N-ethyl adjacent to an activating group) is 1. The molecule has 0 aliphatic heterocycles. The van der Waals surface area contributed by atoms with E-state index in [9.17, 15) is 5.11 Å². The van der Waals surface area contributed by atoms with Gasteiger partial charge in [0.2, 0.25) is 0 Å². The molecule has 0 saturated heterocycles. The predicted molar refractivity (Wildman–Crippen MR) is 57.0 cm³/mol. The van der Waals surface area contributed by atoms with Gasteiger partial charge in [0.15, 0.2) is 0 Å². The Morgan fingerprint density at radius 3 is 2.71 bits per heavy atom. The molecule has 0 unspecified atom stereocenters. The third-order valence-corrected chi connectivity index (χ3v) is 2.33. The third kappa shape index (κ3) is 2.17. The van der Waals surface area contributed by atoms with E-state index < -0.39 is 0 Å². The Labute approximate surface area is 84.7 Å². The van der Waals surface area contributed by atoms with Gasteiger partial charge in [-0.3, -0.25) is 0 Å². The molecule has 0 aliphatic carbocycles. The Hall–Kier alpha value is -1.22. The second-order valence-electron chi connectivity index (χ2n) is 3.25. The highest BCUT2D eigenvalue weighted by Crippen LogP contribution is 2.30. The number of nitrogens with one attached hydrogen (secondary N) is 1. The topological polar surface area (TPSA) is 41.5 Å². The summed E-state index contributed by atoms with van der Waals surface area (Å²) < 4.78 is 5.11. The molecule has 0 fully saturated rings. The van der Waals surface area contributed by atoms with Crippen LogP contribution in [0.15, 0.2) is 12.1 Å². The molecule has 0 saturated carbocycles. The first-order valence-electron chi connectivity index (χ1n) is 4.70. The van der Waals surface area contributed by atoms with Crippen molar-refractivity contribution < 1.29 is 9.84 Å². The summed E-state index contributed by atoms with van der Waals surface area (Å²) in [6.45, 7) is 2.72. The van der Waals surface area contributed by atoms with Gasteiger partial charge in [-0.25, -0.2) is 0 Å². The molecule has 0 bridgehead atoms. The normalized spacial score (nSPS) is 10.2. The summed E-state index contributed by atoms with van der Waals surface area (Å²) in [4.78, 5) is 0. The average molecular weight is 195 g/mol. The Bertz CT molecular complexity index is 310. The smallest absolute Gasteiger partial charge is 0.125 e. The third-order valence-electron chi connectivity index (χ3n) is 2.33. The van der Waals surface area contributed by atoms with Crippen LogP contribution in [-0.4, -0.2) is 25.8 Å². The number of hydrogen-bond acceptors (Lipinski definition) is 3. The summed E-state index contributed by atoms with van der Waals surface area (Å²) >= 11 is 0. The van der Waals surface area contributed by atoms with E-state index in [0.29, 0.717) is 5.75 Å². The molecule has 0 atom stereocenters. The summed E-state index contributed by atoms with van der Waals surface area (Å²) in [7, 11) is 3.50. The molecule has 78 valence electrons. The first kappa shape index (κ1) is 10.9. The van der Waals surface area contributed by atoms with Gasteiger partial charge in [-0.1, -0.05) is 6.07 Å². The molecule has 0 spiro atoms. The second-order valence-corrected chi connectivity index (χ2v) is 3.25. The van der Waals surface area contributed by atoms with Crippen LogP contribution >= 0.6 is 0 Å². The van der Waals surface area contributed by atoms with Crippen LogP contribution in [-0.2, 0) is 6.42 Å². The molecular weight excluding hydrogens is 178 g/mol. The summed E-state index contributed by atoms with van der Waals surface area (Å²) in [6.07, 6.45) is 0.827. The standard InChI is InChI=1S/C11H17NO2/c1-8-10(14-3)5-4-9(11(8)13)6-7-12-2/h4-5,12-13H,6-7H2,1-3H3. The molecule has 1 aromatic carbocycles. The van der Waals surface area contributed by atoms with Gasteiger partial charge >= 0.3 is 0 Å². The second kappa shape index (κ2) is 4.86. The zero-order valence-electron chi connectivity index (χ0n) is 8.92. The highest BCUT2D eigenvalue weighted by molar-refractivity contribution is 5.48. The number of hydrogen-bond donors (Lipinski definition) is 2. The van der Waals surface area contributed by atoms with Crippen molar-refractivity contribution in [1.29, 1.82) is 0 Å². The van der Waals surface area contributed by atoms with Crippen LogP contribution in [0.1, 0.15) is 11.1 Å². The van der Waals surface area contributed by atoms with E-state index >= 15 is 0 Å². The number of ether oxygens (including phenoxy) is 1. The fraction of sp³-hybridized carbons (Fsp3) is 0.455. The molecule has 1 rings (SSSR count). The van der Waals surface area contributed by atoms with Gasteiger partial charge < -0.3 is 15.2 Å². The largest absolute Gasteiger partial charge is 0.507 e. The minimum absolute atomic E-state index is 0.347. The number of rotatable bonds is 4. The molecule has 0 aromatic heterocycles. The Kier molecular flexibility index (Phi) is 3.77. The van der Waals surface area contributed by atoms with Gasteiger partial charge in [0, 0.05) is 5.56 Å². The zero-order valence-corrected chi connectivity index (χ0v) is 8.92. The van der Waals surface area contributed by atoms with Crippen LogP contribution in [0, 0.1) is 6.92 Å². The van der Waals surface area contributed by atoms with Crippen LogP contribution in [0.2, 0.25) is 0 Å². The highest BCUT2D eigenvalue weighted by atomic mass is 16.5. The van der Waals surface area contributed by atoms with Crippen molar-refractivity contribution in [3.63, 3.8) is 0 Å². The number of phenols is 1. The maximum atomic E-state index is 9.83. The molecule has 14 heavy (non-hydrogen) atoms. The molecule has 0 aliphatic rings. The van der Waals surface area contributed by atoms with Crippen LogP contribution < -0.4 is 10.1 Å². The van der Waals surface area contributed by atoms with Gasteiger partial charge in [0.25, 0.3) is 0 Å². The van der Waals surface area contributed by atoms with Gasteiger partial charge in [-0.2, -0.15) is 0 Å². The van der Waals surface area contributed by atoms with Crippen LogP contribution in [0.4, 0.5) is 0 Å². The van der Waals surface area contributed by atoms with Crippen molar-refractivity contribution in [3.05, 3.63) is 23.3 Å². The SMILES string of the molecule is CNCCc1ccc(OC)c(C)c1O. The van der Waals surface area contributed by atoms with Crippen molar-refractivity contribution in [3.8, 4) is 11.5 Å². The number of methoxy groups -OCH3 is 1.